The van der Waals surface area contributed by atoms with Crippen molar-refractivity contribution in [1.29, 1.82) is 0 Å². The maximum Gasteiger partial charge on any atom is 0.233 e. The van der Waals surface area contributed by atoms with Crippen LogP contribution in [0.5, 0.6) is 5.88 Å². The maximum atomic E-state index is 5.61. The van der Waals surface area contributed by atoms with Crippen molar-refractivity contribution >= 4 is 15.9 Å². The molecule has 1 aromatic carbocycles. The van der Waals surface area contributed by atoms with Gasteiger partial charge in [0, 0.05) is 17.1 Å². The monoisotopic (exact) mass is 335 g/mol. The molecule has 1 aromatic heterocycles. The third kappa shape index (κ3) is 4.90. The van der Waals surface area contributed by atoms with Crippen molar-refractivity contribution in [2.24, 2.45) is 0 Å². The standard InChI is InChI=1S/C15H18BrN3O/c1-2-8-17-10-14-6-7-15(19-18-14)20-11-12-4-3-5-13(16)9-12/h3-7,9,17H,2,8,10-11H2,1H3. The van der Waals surface area contributed by atoms with Crippen LogP contribution in [0.2, 0.25) is 0 Å². The number of halogens is 1. The van der Waals surface area contributed by atoms with Crippen LogP contribution in [-0.2, 0) is 13.2 Å². The van der Waals surface area contributed by atoms with Crippen molar-refractivity contribution in [3.8, 4) is 5.88 Å². The smallest absolute Gasteiger partial charge is 0.233 e. The summed E-state index contributed by atoms with van der Waals surface area (Å²) in [6, 6.07) is 11.8. The van der Waals surface area contributed by atoms with Crippen LogP contribution in [0.4, 0.5) is 0 Å². The van der Waals surface area contributed by atoms with E-state index in [2.05, 4.69) is 38.4 Å². The quantitative estimate of drug-likeness (QED) is 0.788. The molecule has 20 heavy (non-hydrogen) atoms. The van der Waals surface area contributed by atoms with Gasteiger partial charge in [-0.25, -0.2) is 0 Å². The molecule has 0 unspecified atom stereocenters. The van der Waals surface area contributed by atoms with Crippen LogP contribution in [0.3, 0.4) is 0 Å². The summed E-state index contributed by atoms with van der Waals surface area (Å²) in [6.07, 6.45) is 1.11. The van der Waals surface area contributed by atoms with Gasteiger partial charge in [-0.15, -0.1) is 5.10 Å². The highest BCUT2D eigenvalue weighted by Gasteiger charge is 2.00. The van der Waals surface area contributed by atoms with Crippen LogP contribution in [0.25, 0.3) is 0 Å². The van der Waals surface area contributed by atoms with Gasteiger partial charge in [-0.05, 0) is 36.7 Å². The molecule has 0 amide bonds. The van der Waals surface area contributed by atoms with Gasteiger partial charge in [0.15, 0.2) is 0 Å². The van der Waals surface area contributed by atoms with Crippen molar-refractivity contribution < 1.29 is 4.74 Å². The molecule has 0 saturated carbocycles. The Labute approximate surface area is 127 Å². The largest absolute Gasteiger partial charge is 0.472 e. The normalized spacial score (nSPS) is 10.5. The number of nitrogens with one attached hydrogen (secondary N) is 1. The zero-order valence-corrected chi connectivity index (χ0v) is 13.1. The van der Waals surface area contributed by atoms with Gasteiger partial charge in [-0.1, -0.05) is 35.0 Å². The molecule has 0 aliphatic carbocycles. The molecule has 0 fully saturated rings. The van der Waals surface area contributed by atoms with Crippen molar-refractivity contribution in [2.75, 3.05) is 6.54 Å². The van der Waals surface area contributed by atoms with Crippen LogP contribution >= 0.6 is 15.9 Å². The van der Waals surface area contributed by atoms with Crippen LogP contribution in [0.15, 0.2) is 40.9 Å². The molecule has 4 nitrogen and oxygen atoms in total. The Morgan fingerprint density at radius 3 is 2.80 bits per heavy atom. The minimum absolute atomic E-state index is 0.488. The first-order chi connectivity index (χ1) is 9.78. The van der Waals surface area contributed by atoms with Crippen LogP contribution in [-0.4, -0.2) is 16.7 Å². The molecule has 5 heteroatoms. The van der Waals surface area contributed by atoms with E-state index in [1.807, 2.05) is 36.4 Å². The summed E-state index contributed by atoms with van der Waals surface area (Å²) in [6.45, 7) is 4.36. The van der Waals surface area contributed by atoms with E-state index in [-0.39, 0.29) is 0 Å². The molecule has 0 saturated heterocycles. The summed E-state index contributed by atoms with van der Waals surface area (Å²) in [5.41, 5.74) is 2.02. The number of ether oxygens (including phenoxy) is 1. The second kappa shape index (κ2) is 7.97. The number of benzene rings is 1. The molecule has 0 radical (unpaired) electrons. The van der Waals surface area contributed by atoms with Gasteiger partial charge in [0.1, 0.15) is 6.61 Å². The van der Waals surface area contributed by atoms with Crippen molar-refractivity contribution in [1.82, 2.24) is 15.5 Å². The predicted octanol–water partition coefficient (Wildman–Crippen LogP) is 3.32. The van der Waals surface area contributed by atoms with Crippen molar-refractivity contribution in [2.45, 2.75) is 26.5 Å². The Balaban J connectivity index is 1.84. The molecule has 2 rings (SSSR count). The Bertz CT molecular complexity index is 531. The molecule has 106 valence electrons. The van der Waals surface area contributed by atoms with E-state index in [1.165, 1.54) is 0 Å². The first kappa shape index (κ1) is 14.9. The van der Waals surface area contributed by atoms with Gasteiger partial charge in [0.25, 0.3) is 0 Å². The summed E-state index contributed by atoms with van der Waals surface area (Å²) in [4.78, 5) is 0. The summed E-state index contributed by atoms with van der Waals surface area (Å²) in [7, 11) is 0. The van der Waals surface area contributed by atoms with Crippen LogP contribution in [0.1, 0.15) is 24.6 Å². The first-order valence-electron chi connectivity index (χ1n) is 6.68. The highest BCUT2D eigenvalue weighted by molar-refractivity contribution is 9.10. The highest BCUT2D eigenvalue weighted by atomic mass is 79.9. The number of aromatic nitrogens is 2. The van der Waals surface area contributed by atoms with E-state index < -0.39 is 0 Å². The number of hydrogen-bond acceptors (Lipinski definition) is 4. The fourth-order valence-corrected chi connectivity index (χ4v) is 2.14. The summed E-state index contributed by atoms with van der Waals surface area (Å²) >= 11 is 3.44. The van der Waals surface area contributed by atoms with Gasteiger partial charge in [0.2, 0.25) is 5.88 Å². The van der Waals surface area contributed by atoms with Crippen LogP contribution < -0.4 is 10.1 Å². The molecule has 0 aliphatic rings. The van der Waals surface area contributed by atoms with Gasteiger partial charge < -0.3 is 10.1 Å². The van der Waals surface area contributed by atoms with E-state index in [9.17, 15) is 0 Å². The van der Waals surface area contributed by atoms with Gasteiger partial charge in [0.05, 0.1) is 5.69 Å². The van der Waals surface area contributed by atoms with E-state index in [1.54, 1.807) is 0 Å². The maximum absolute atomic E-state index is 5.61. The third-order valence-electron chi connectivity index (χ3n) is 2.70. The van der Waals surface area contributed by atoms with E-state index in [4.69, 9.17) is 4.74 Å². The molecular formula is C15H18BrN3O. The van der Waals surface area contributed by atoms with E-state index >= 15 is 0 Å². The lowest BCUT2D eigenvalue weighted by molar-refractivity contribution is 0.289. The average molecular weight is 336 g/mol. The lowest BCUT2D eigenvalue weighted by Crippen LogP contribution is -2.15. The van der Waals surface area contributed by atoms with Gasteiger partial charge >= 0.3 is 0 Å². The molecule has 1 heterocycles. The fourth-order valence-electron chi connectivity index (χ4n) is 1.70. The molecular weight excluding hydrogens is 318 g/mol. The van der Waals surface area contributed by atoms with E-state index in [0.29, 0.717) is 12.5 Å². The molecule has 0 spiro atoms. The first-order valence-corrected chi connectivity index (χ1v) is 7.48. The Hall–Kier alpha value is -1.46. The van der Waals surface area contributed by atoms with Gasteiger partial charge in [-0.3, -0.25) is 0 Å². The Kier molecular flexibility index (Phi) is 5.95. The minimum atomic E-state index is 0.488. The average Bonchev–Trinajstić information content (AvgIpc) is 2.47. The molecule has 0 bridgehead atoms. The molecule has 2 aromatic rings. The highest BCUT2D eigenvalue weighted by Crippen LogP contribution is 2.14. The second-order valence-electron chi connectivity index (χ2n) is 4.46. The number of hydrogen-bond donors (Lipinski definition) is 1. The molecule has 0 atom stereocenters. The molecule has 1 N–H and O–H groups in total. The summed E-state index contributed by atoms with van der Waals surface area (Å²) < 4.78 is 6.66. The fraction of sp³-hybridized carbons (Fsp3) is 0.333. The molecule has 0 aliphatic heterocycles. The summed E-state index contributed by atoms with van der Waals surface area (Å²) in [5.74, 6) is 0.546. The Morgan fingerprint density at radius 1 is 1.20 bits per heavy atom. The second-order valence-corrected chi connectivity index (χ2v) is 5.37. The SMILES string of the molecule is CCCNCc1ccc(OCc2cccc(Br)c2)nn1. The Morgan fingerprint density at radius 2 is 2.10 bits per heavy atom. The zero-order valence-electron chi connectivity index (χ0n) is 11.5. The topological polar surface area (TPSA) is 47.0 Å². The van der Waals surface area contributed by atoms with Crippen LogP contribution in [0, 0.1) is 0 Å². The number of nitrogens with zero attached hydrogens (tertiary/aromatic N) is 2. The van der Waals surface area contributed by atoms with E-state index in [0.717, 1.165) is 35.2 Å². The predicted molar refractivity (Wildman–Crippen MR) is 82.5 cm³/mol. The van der Waals surface area contributed by atoms with Gasteiger partial charge in [-0.2, -0.15) is 5.10 Å². The number of rotatable bonds is 7. The third-order valence-corrected chi connectivity index (χ3v) is 3.20. The minimum Gasteiger partial charge on any atom is -0.472 e. The van der Waals surface area contributed by atoms with Crippen molar-refractivity contribution in [3.63, 3.8) is 0 Å². The lowest BCUT2D eigenvalue weighted by atomic mass is 10.2. The summed E-state index contributed by atoms with van der Waals surface area (Å²) in [5, 5.41) is 11.5. The lowest BCUT2D eigenvalue weighted by Gasteiger charge is -2.06. The van der Waals surface area contributed by atoms with Crippen molar-refractivity contribution in [3.05, 3.63) is 52.1 Å². The zero-order chi connectivity index (χ0) is 14.2.